The molecule has 1 aliphatic heterocycles. The SMILES string of the molecule is COc1ccc(S(=O)(=O)Nc2ccc(Br)c(N(C)C3CCNCC3)c2)cc1. The lowest BCUT2D eigenvalue weighted by molar-refractivity contribution is 0.414. The van der Waals surface area contributed by atoms with E-state index in [1.807, 2.05) is 12.1 Å². The molecule has 1 heterocycles. The van der Waals surface area contributed by atoms with E-state index in [4.69, 9.17) is 4.74 Å². The van der Waals surface area contributed by atoms with Crippen molar-refractivity contribution in [3.63, 3.8) is 0 Å². The molecular formula is C19H24BrN3O3S. The zero-order valence-corrected chi connectivity index (χ0v) is 17.8. The van der Waals surface area contributed by atoms with Crippen LogP contribution in [0.3, 0.4) is 0 Å². The summed E-state index contributed by atoms with van der Waals surface area (Å²) in [7, 11) is -0.0688. The summed E-state index contributed by atoms with van der Waals surface area (Å²) < 4.78 is 34.1. The van der Waals surface area contributed by atoms with E-state index in [0.717, 1.165) is 36.1 Å². The number of rotatable bonds is 6. The smallest absolute Gasteiger partial charge is 0.261 e. The second-order valence-corrected chi connectivity index (χ2v) is 9.08. The Morgan fingerprint density at radius 2 is 1.81 bits per heavy atom. The first-order valence-electron chi connectivity index (χ1n) is 8.80. The second-order valence-electron chi connectivity index (χ2n) is 6.54. The normalized spacial score (nSPS) is 15.4. The number of methoxy groups -OCH3 is 1. The third-order valence-corrected chi connectivity index (χ3v) is 6.87. The molecule has 1 aliphatic rings. The van der Waals surface area contributed by atoms with Crippen LogP contribution in [0.2, 0.25) is 0 Å². The summed E-state index contributed by atoms with van der Waals surface area (Å²) in [5.74, 6) is 0.614. The van der Waals surface area contributed by atoms with Gasteiger partial charge >= 0.3 is 0 Å². The predicted molar refractivity (Wildman–Crippen MR) is 112 cm³/mol. The molecule has 0 aliphatic carbocycles. The van der Waals surface area contributed by atoms with Gasteiger partial charge in [0.2, 0.25) is 0 Å². The maximum absolute atomic E-state index is 12.7. The van der Waals surface area contributed by atoms with Crippen molar-refractivity contribution in [2.45, 2.75) is 23.8 Å². The first-order chi connectivity index (χ1) is 12.9. The predicted octanol–water partition coefficient (Wildman–Crippen LogP) is 3.45. The van der Waals surface area contributed by atoms with Crippen molar-refractivity contribution in [1.82, 2.24) is 5.32 Å². The monoisotopic (exact) mass is 453 g/mol. The lowest BCUT2D eigenvalue weighted by Crippen LogP contribution is -2.41. The Hall–Kier alpha value is -1.77. The van der Waals surface area contributed by atoms with E-state index in [1.54, 1.807) is 25.3 Å². The summed E-state index contributed by atoms with van der Waals surface area (Å²) in [4.78, 5) is 2.41. The fraction of sp³-hybridized carbons (Fsp3) is 0.368. The summed E-state index contributed by atoms with van der Waals surface area (Å²) in [6, 6.07) is 12.2. The average Bonchev–Trinajstić information content (AvgIpc) is 2.69. The van der Waals surface area contributed by atoms with Crippen LogP contribution in [0.1, 0.15) is 12.8 Å². The van der Waals surface area contributed by atoms with Crippen LogP contribution >= 0.6 is 15.9 Å². The van der Waals surface area contributed by atoms with E-state index >= 15 is 0 Å². The Bertz CT molecular complexity index is 882. The molecule has 2 N–H and O–H groups in total. The number of nitrogens with one attached hydrogen (secondary N) is 2. The zero-order valence-electron chi connectivity index (χ0n) is 15.4. The lowest BCUT2D eigenvalue weighted by atomic mass is 10.0. The van der Waals surface area contributed by atoms with Crippen molar-refractivity contribution < 1.29 is 13.2 Å². The minimum Gasteiger partial charge on any atom is -0.497 e. The summed E-state index contributed by atoms with van der Waals surface area (Å²) in [5.41, 5.74) is 1.50. The van der Waals surface area contributed by atoms with Crippen molar-refractivity contribution in [3.8, 4) is 5.75 Å². The highest BCUT2D eigenvalue weighted by molar-refractivity contribution is 9.10. The van der Waals surface area contributed by atoms with E-state index in [0.29, 0.717) is 17.5 Å². The van der Waals surface area contributed by atoms with Gasteiger partial charge in [0, 0.05) is 17.6 Å². The number of halogens is 1. The molecule has 0 spiro atoms. The third-order valence-electron chi connectivity index (χ3n) is 4.80. The molecule has 0 bridgehead atoms. The van der Waals surface area contributed by atoms with Gasteiger partial charge in [-0.05, 0) is 84.3 Å². The highest BCUT2D eigenvalue weighted by Crippen LogP contribution is 2.32. The molecule has 2 aromatic carbocycles. The summed E-state index contributed by atoms with van der Waals surface area (Å²) in [6.45, 7) is 1.99. The van der Waals surface area contributed by atoms with Crippen molar-refractivity contribution in [1.29, 1.82) is 0 Å². The molecular weight excluding hydrogens is 430 g/mol. The highest BCUT2D eigenvalue weighted by Gasteiger charge is 2.21. The molecule has 2 aromatic rings. The molecule has 8 heteroatoms. The number of ether oxygens (including phenoxy) is 1. The van der Waals surface area contributed by atoms with Gasteiger partial charge in [-0.25, -0.2) is 8.42 Å². The van der Waals surface area contributed by atoms with Gasteiger partial charge in [-0.15, -0.1) is 0 Å². The van der Waals surface area contributed by atoms with Gasteiger partial charge in [-0.2, -0.15) is 0 Å². The zero-order chi connectivity index (χ0) is 19.4. The van der Waals surface area contributed by atoms with Crippen LogP contribution in [0.5, 0.6) is 5.75 Å². The quantitative estimate of drug-likeness (QED) is 0.700. The Kier molecular flexibility index (Phi) is 6.29. The largest absolute Gasteiger partial charge is 0.497 e. The van der Waals surface area contributed by atoms with Gasteiger partial charge in [0.1, 0.15) is 5.75 Å². The molecule has 0 radical (unpaired) electrons. The minimum atomic E-state index is -3.67. The summed E-state index contributed by atoms with van der Waals surface area (Å²) in [6.07, 6.45) is 2.12. The molecule has 0 saturated carbocycles. The van der Waals surface area contributed by atoms with E-state index in [9.17, 15) is 8.42 Å². The average molecular weight is 454 g/mol. The number of piperidine rings is 1. The Morgan fingerprint density at radius 1 is 1.15 bits per heavy atom. The van der Waals surface area contributed by atoms with Crippen LogP contribution in [0, 0.1) is 0 Å². The fourth-order valence-electron chi connectivity index (χ4n) is 3.21. The molecule has 146 valence electrons. The Labute approximate surface area is 169 Å². The maximum atomic E-state index is 12.7. The number of hydrogen-bond acceptors (Lipinski definition) is 5. The van der Waals surface area contributed by atoms with Crippen LogP contribution in [0.15, 0.2) is 51.8 Å². The van der Waals surface area contributed by atoms with Gasteiger partial charge in [0.25, 0.3) is 10.0 Å². The number of anilines is 2. The molecule has 6 nitrogen and oxygen atoms in total. The van der Waals surface area contributed by atoms with Crippen molar-refractivity contribution >= 4 is 37.3 Å². The lowest BCUT2D eigenvalue weighted by Gasteiger charge is -2.34. The molecule has 3 rings (SSSR count). The van der Waals surface area contributed by atoms with Crippen LogP contribution < -0.4 is 19.7 Å². The van der Waals surface area contributed by atoms with Crippen LogP contribution in [-0.4, -0.2) is 41.7 Å². The van der Waals surface area contributed by atoms with Crippen molar-refractivity contribution in [3.05, 3.63) is 46.9 Å². The highest BCUT2D eigenvalue weighted by atomic mass is 79.9. The van der Waals surface area contributed by atoms with Crippen LogP contribution in [0.4, 0.5) is 11.4 Å². The number of sulfonamides is 1. The number of nitrogens with zero attached hydrogens (tertiary/aromatic N) is 1. The number of hydrogen-bond donors (Lipinski definition) is 2. The molecule has 27 heavy (non-hydrogen) atoms. The minimum absolute atomic E-state index is 0.194. The molecule has 0 amide bonds. The topological polar surface area (TPSA) is 70.7 Å². The summed E-state index contributed by atoms with van der Waals surface area (Å²) in [5, 5.41) is 3.37. The molecule has 1 saturated heterocycles. The fourth-order valence-corrected chi connectivity index (χ4v) is 4.78. The third kappa shape index (κ3) is 4.75. The maximum Gasteiger partial charge on any atom is 0.261 e. The second kappa shape index (κ2) is 8.50. The van der Waals surface area contributed by atoms with Gasteiger partial charge in [0.15, 0.2) is 0 Å². The Balaban J connectivity index is 1.82. The number of benzene rings is 2. The summed E-state index contributed by atoms with van der Waals surface area (Å²) >= 11 is 3.59. The molecule has 1 fully saturated rings. The molecule has 0 unspecified atom stereocenters. The van der Waals surface area contributed by atoms with Gasteiger partial charge in [-0.1, -0.05) is 0 Å². The van der Waals surface area contributed by atoms with E-state index < -0.39 is 10.0 Å². The van der Waals surface area contributed by atoms with E-state index in [2.05, 4.69) is 37.9 Å². The molecule has 0 atom stereocenters. The molecule has 0 aromatic heterocycles. The van der Waals surface area contributed by atoms with Crippen LogP contribution in [-0.2, 0) is 10.0 Å². The van der Waals surface area contributed by atoms with Gasteiger partial charge in [0.05, 0.1) is 23.4 Å². The van der Waals surface area contributed by atoms with E-state index in [-0.39, 0.29) is 4.90 Å². The van der Waals surface area contributed by atoms with Gasteiger partial charge in [-0.3, -0.25) is 4.72 Å². The van der Waals surface area contributed by atoms with Crippen molar-refractivity contribution in [2.24, 2.45) is 0 Å². The Morgan fingerprint density at radius 3 is 2.44 bits per heavy atom. The van der Waals surface area contributed by atoms with Crippen LogP contribution in [0.25, 0.3) is 0 Å². The van der Waals surface area contributed by atoms with Gasteiger partial charge < -0.3 is 15.0 Å². The van der Waals surface area contributed by atoms with Crippen molar-refractivity contribution in [2.75, 3.05) is 36.9 Å². The first-order valence-corrected chi connectivity index (χ1v) is 11.1. The standard InChI is InChI=1S/C19H24BrN3O3S/c1-23(15-9-11-21-12-10-15)19-13-14(3-8-18(19)20)22-27(24,25)17-6-4-16(26-2)5-7-17/h3-8,13,15,21-22H,9-12H2,1-2H3. The van der Waals surface area contributed by atoms with E-state index in [1.165, 1.54) is 12.1 Å². The first kappa shape index (κ1) is 20.0.